The van der Waals surface area contributed by atoms with Gasteiger partial charge in [-0.15, -0.1) is 0 Å². The first-order valence-electron chi connectivity index (χ1n) is 8.59. The van der Waals surface area contributed by atoms with Crippen molar-refractivity contribution in [2.45, 2.75) is 26.7 Å². The zero-order valence-electron chi connectivity index (χ0n) is 15.7. The lowest BCUT2D eigenvalue weighted by Crippen LogP contribution is -2.15. The molecular formula is C19H19FN4O4. The van der Waals surface area contributed by atoms with E-state index < -0.39 is 24.2 Å². The number of carbonyl (C=O) groups excluding carboxylic acids is 2. The Bertz CT molecular complexity index is 1050. The fourth-order valence-corrected chi connectivity index (χ4v) is 2.89. The van der Waals surface area contributed by atoms with Crippen molar-refractivity contribution in [3.05, 3.63) is 52.9 Å². The van der Waals surface area contributed by atoms with E-state index in [2.05, 4.69) is 15.1 Å². The number of aryl methyl sites for hydroxylation is 2. The van der Waals surface area contributed by atoms with Crippen LogP contribution in [-0.2, 0) is 16.0 Å². The van der Waals surface area contributed by atoms with Gasteiger partial charge in [0.15, 0.2) is 24.0 Å². The maximum atomic E-state index is 13.7. The van der Waals surface area contributed by atoms with Crippen LogP contribution in [0.15, 0.2) is 24.5 Å². The van der Waals surface area contributed by atoms with E-state index in [1.807, 2.05) is 13.8 Å². The first-order chi connectivity index (χ1) is 13.4. The van der Waals surface area contributed by atoms with Gasteiger partial charge in [0, 0.05) is 23.4 Å². The smallest absolute Gasteiger partial charge is 0.306 e. The summed E-state index contributed by atoms with van der Waals surface area (Å²) in [5, 5.41) is 4.10. The second kappa shape index (κ2) is 8.12. The van der Waals surface area contributed by atoms with Crippen molar-refractivity contribution >= 4 is 17.5 Å². The molecule has 0 aliphatic heterocycles. The highest BCUT2D eigenvalue weighted by molar-refractivity contribution is 5.98. The summed E-state index contributed by atoms with van der Waals surface area (Å²) in [4.78, 5) is 32.5. The molecule has 0 radical (unpaired) electrons. The van der Waals surface area contributed by atoms with Crippen molar-refractivity contribution in [2.75, 3.05) is 13.7 Å². The zero-order valence-corrected chi connectivity index (χ0v) is 15.7. The number of esters is 1. The predicted octanol–water partition coefficient (Wildman–Crippen LogP) is 2.25. The maximum absolute atomic E-state index is 13.7. The number of ether oxygens (including phenoxy) is 2. The van der Waals surface area contributed by atoms with Crippen LogP contribution >= 0.6 is 0 Å². The summed E-state index contributed by atoms with van der Waals surface area (Å²) in [6, 6.07) is 3.83. The molecule has 0 fully saturated rings. The van der Waals surface area contributed by atoms with Crippen LogP contribution in [0.1, 0.15) is 33.7 Å². The standard InChI is InChI=1S/C19H19FN4O4/c1-11-14(12(2)24-19(23-11)21-10-22-24)5-7-18(26)28-9-16(25)13-4-6-17(27-3)15(20)8-13/h4,6,8,10H,5,7,9H2,1-3H3. The van der Waals surface area contributed by atoms with Gasteiger partial charge in [0.05, 0.1) is 7.11 Å². The second-order valence-electron chi connectivity index (χ2n) is 6.17. The number of rotatable bonds is 7. The summed E-state index contributed by atoms with van der Waals surface area (Å²) in [6.07, 6.45) is 1.89. The van der Waals surface area contributed by atoms with E-state index in [0.717, 1.165) is 23.0 Å². The van der Waals surface area contributed by atoms with Gasteiger partial charge in [-0.3, -0.25) is 9.59 Å². The van der Waals surface area contributed by atoms with Crippen molar-refractivity contribution in [1.82, 2.24) is 19.6 Å². The monoisotopic (exact) mass is 386 g/mol. The number of halogens is 1. The number of fused-ring (bicyclic) bond motifs is 1. The number of ketones is 1. The molecule has 0 bridgehead atoms. The van der Waals surface area contributed by atoms with E-state index in [-0.39, 0.29) is 17.7 Å². The van der Waals surface area contributed by atoms with E-state index in [9.17, 15) is 14.0 Å². The van der Waals surface area contributed by atoms with Crippen LogP contribution in [-0.4, -0.2) is 45.1 Å². The molecule has 0 N–H and O–H groups in total. The SMILES string of the molecule is COc1ccc(C(=O)COC(=O)CCc2c(C)nc3ncnn3c2C)cc1F. The Balaban J connectivity index is 1.58. The number of hydrogen-bond donors (Lipinski definition) is 0. The average Bonchev–Trinajstić information content (AvgIpc) is 3.14. The van der Waals surface area contributed by atoms with E-state index in [0.29, 0.717) is 12.2 Å². The normalized spacial score (nSPS) is 10.9. The molecule has 0 saturated heterocycles. The highest BCUT2D eigenvalue weighted by Crippen LogP contribution is 2.18. The Morgan fingerprint density at radius 1 is 1.25 bits per heavy atom. The molecule has 0 atom stereocenters. The molecule has 3 aromatic rings. The lowest BCUT2D eigenvalue weighted by atomic mass is 10.1. The van der Waals surface area contributed by atoms with Crippen LogP contribution in [0.5, 0.6) is 5.75 Å². The lowest BCUT2D eigenvalue weighted by Gasteiger charge is -2.10. The number of methoxy groups -OCH3 is 1. The van der Waals surface area contributed by atoms with Crippen molar-refractivity contribution in [3.63, 3.8) is 0 Å². The summed E-state index contributed by atoms with van der Waals surface area (Å²) < 4.78 is 25.1. The molecule has 1 aromatic carbocycles. The summed E-state index contributed by atoms with van der Waals surface area (Å²) >= 11 is 0. The number of Topliss-reactive ketones (excluding diaryl/α,β-unsaturated/α-hetero) is 1. The van der Waals surface area contributed by atoms with Gasteiger partial charge in [-0.2, -0.15) is 10.1 Å². The zero-order chi connectivity index (χ0) is 20.3. The summed E-state index contributed by atoms with van der Waals surface area (Å²) in [5.74, 6) is -1.13. The van der Waals surface area contributed by atoms with Crippen molar-refractivity contribution in [1.29, 1.82) is 0 Å². The van der Waals surface area contributed by atoms with E-state index in [1.165, 1.54) is 25.6 Å². The van der Waals surface area contributed by atoms with Crippen LogP contribution < -0.4 is 4.74 Å². The Hall–Kier alpha value is -3.36. The van der Waals surface area contributed by atoms with Gasteiger partial charge >= 0.3 is 5.97 Å². The van der Waals surface area contributed by atoms with Crippen LogP contribution in [0.2, 0.25) is 0 Å². The summed E-state index contributed by atoms with van der Waals surface area (Å²) in [7, 11) is 1.33. The minimum absolute atomic E-state index is 0.0391. The first-order valence-corrected chi connectivity index (χ1v) is 8.59. The topological polar surface area (TPSA) is 95.7 Å². The predicted molar refractivity (Wildman–Crippen MR) is 96.8 cm³/mol. The molecular weight excluding hydrogens is 367 g/mol. The molecule has 3 rings (SSSR count). The quantitative estimate of drug-likeness (QED) is 0.454. The van der Waals surface area contributed by atoms with E-state index >= 15 is 0 Å². The third-order valence-corrected chi connectivity index (χ3v) is 4.41. The molecule has 0 spiro atoms. The van der Waals surface area contributed by atoms with Gasteiger partial charge in [-0.25, -0.2) is 13.9 Å². The van der Waals surface area contributed by atoms with Gasteiger partial charge < -0.3 is 9.47 Å². The Morgan fingerprint density at radius 3 is 2.75 bits per heavy atom. The number of benzene rings is 1. The maximum Gasteiger partial charge on any atom is 0.306 e. The van der Waals surface area contributed by atoms with Crippen LogP contribution in [0.4, 0.5) is 4.39 Å². The lowest BCUT2D eigenvalue weighted by molar-refractivity contribution is -0.142. The largest absolute Gasteiger partial charge is 0.494 e. The van der Waals surface area contributed by atoms with E-state index in [4.69, 9.17) is 9.47 Å². The summed E-state index contributed by atoms with van der Waals surface area (Å²) in [5.41, 5.74) is 2.59. The first kappa shape index (κ1) is 19.4. The van der Waals surface area contributed by atoms with Crippen molar-refractivity contribution in [2.24, 2.45) is 0 Å². The van der Waals surface area contributed by atoms with Crippen LogP contribution in [0.25, 0.3) is 5.78 Å². The number of nitrogens with zero attached hydrogens (tertiary/aromatic N) is 4. The number of hydrogen-bond acceptors (Lipinski definition) is 7. The third-order valence-electron chi connectivity index (χ3n) is 4.41. The van der Waals surface area contributed by atoms with Crippen molar-refractivity contribution < 1.29 is 23.5 Å². The fraction of sp³-hybridized carbons (Fsp3) is 0.316. The van der Waals surface area contributed by atoms with Crippen LogP contribution in [0.3, 0.4) is 0 Å². The van der Waals surface area contributed by atoms with Gasteiger partial charge in [0.1, 0.15) is 6.33 Å². The highest BCUT2D eigenvalue weighted by atomic mass is 19.1. The molecule has 0 aliphatic rings. The minimum Gasteiger partial charge on any atom is -0.494 e. The average molecular weight is 386 g/mol. The van der Waals surface area contributed by atoms with E-state index in [1.54, 1.807) is 4.52 Å². The fourth-order valence-electron chi connectivity index (χ4n) is 2.89. The van der Waals surface area contributed by atoms with Crippen LogP contribution in [0, 0.1) is 19.7 Å². The molecule has 9 heteroatoms. The third kappa shape index (κ3) is 3.98. The van der Waals surface area contributed by atoms with Gasteiger partial charge in [0.25, 0.3) is 5.78 Å². The van der Waals surface area contributed by atoms with Crippen molar-refractivity contribution in [3.8, 4) is 5.75 Å². The Kier molecular flexibility index (Phi) is 5.62. The molecule has 2 heterocycles. The molecule has 28 heavy (non-hydrogen) atoms. The molecule has 2 aromatic heterocycles. The molecule has 146 valence electrons. The molecule has 8 nitrogen and oxygen atoms in total. The molecule has 0 unspecified atom stereocenters. The Morgan fingerprint density at radius 2 is 2.04 bits per heavy atom. The second-order valence-corrected chi connectivity index (χ2v) is 6.17. The number of carbonyl (C=O) groups is 2. The molecule has 0 saturated carbocycles. The summed E-state index contributed by atoms with van der Waals surface area (Å²) in [6.45, 7) is 3.26. The van der Waals surface area contributed by atoms with Gasteiger partial charge in [0.2, 0.25) is 0 Å². The Labute approximate surface area is 160 Å². The molecule has 0 amide bonds. The minimum atomic E-state index is -0.651. The molecule has 0 aliphatic carbocycles. The highest BCUT2D eigenvalue weighted by Gasteiger charge is 2.15. The van der Waals surface area contributed by atoms with Gasteiger partial charge in [-0.05, 0) is 44.0 Å². The number of aromatic nitrogens is 4. The van der Waals surface area contributed by atoms with Gasteiger partial charge in [-0.1, -0.05) is 0 Å².